The molecule has 3 nitrogen and oxygen atoms in total. The monoisotopic (exact) mass is 262 g/mol. The predicted octanol–water partition coefficient (Wildman–Crippen LogP) is 3.60. The Kier molecular flexibility index (Phi) is 3.66. The van der Waals surface area contributed by atoms with Crippen LogP contribution in [0, 0.1) is 6.92 Å². The third-order valence-corrected chi connectivity index (χ3v) is 3.78. The highest BCUT2D eigenvalue weighted by Gasteiger charge is 2.13. The van der Waals surface area contributed by atoms with Crippen LogP contribution in [0.2, 0.25) is 0 Å². The summed E-state index contributed by atoms with van der Waals surface area (Å²) in [5.41, 5.74) is 2.40. The van der Waals surface area contributed by atoms with Gasteiger partial charge in [-0.25, -0.2) is 0 Å². The van der Waals surface area contributed by atoms with Crippen LogP contribution in [0.15, 0.2) is 29.2 Å². The van der Waals surface area contributed by atoms with Gasteiger partial charge in [-0.05, 0) is 19.1 Å². The van der Waals surface area contributed by atoms with Gasteiger partial charge < -0.3 is 5.11 Å². The van der Waals surface area contributed by atoms with E-state index >= 15 is 0 Å². The standard InChI is InChI=1S/C14H18N2OS/c1-9(2)18-12-7-5-6-11(8-12)13-14(17)10(3)16(4)15-13/h5-9,17H,1-4H3. The molecule has 0 amide bonds. The fourth-order valence-corrected chi connectivity index (χ4v) is 2.68. The quantitative estimate of drug-likeness (QED) is 0.859. The van der Waals surface area contributed by atoms with Gasteiger partial charge in [0, 0.05) is 22.8 Å². The molecule has 2 rings (SSSR count). The Morgan fingerprint density at radius 1 is 1.33 bits per heavy atom. The van der Waals surface area contributed by atoms with E-state index in [9.17, 15) is 5.11 Å². The lowest BCUT2D eigenvalue weighted by molar-refractivity contribution is 0.471. The minimum Gasteiger partial charge on any atom is -0.504 e. The molecule has 18 heavy (non-hydrogen) atoms. The average Bonchev–Trinajstić information content (AvgIpc) is 2.56. The Labute approximate surface area is 112 Å². The first-order valence-electron chi connectivity index (χ1n) is 5.98. The number of aromatic hydroxyl groups is 1. The molecule has 0 fully saturated rings. The number of hydrogen-bond acceptors (Lipinski definition) is 3. The number of nitrogens with zero attached hydrogens (tertiary/aromatic N) is 2. The topological polar surface area (TPSA) is 38.1 Å². The molecule has 2 aromatic rings. The number of benzene rings is 1. The highest BCUT2D eigenvalue weighted by atomic mass is 32.2. The van der Waals surface area contributed by atoms with Gasteiger partial charge in [-0.15, -0.1) is 11.8 Å². The van der Waals surface area contributed by atoms with Gasteiger partial charge in [-0.2, -0.15) is 5.10 Å². The molecule has 0 aliphatic heterocycles. The Morgan fingerprint density at radius 3 is 2.61 bits per heavy atom. The lowest BCUT2D eigenvalue weighted by atomic mass is 10.1. The molecule has 1 aromatic carbocycles. The minimum atomic E-state index is 0.268. The molecule has 96 valence electrons. The van der Waals surface area contributed by atoms with Crippen LogP contribution < -0.4 is 0 Å². The molecule has 0 aliphatic rings. The van der Waals surface area contributed by atoms with Crippen LogP contribution in [-0.2, 0) is 7.05 Å². The SMILES string of the molecule is Cc1c(O)c(-c2cccc(SC(C)C)c2)nn1C. The molecular weight excluding hydrogens is 244 g/mol. The van der Waals surface area contributed by atoms with Gasteiger partial charge in [0.15, 0.2) is 5.75 Å². The molecule has 0 unspecified atom stereocenters. The summed E-state index contributed by atoms with van der Waals surface area (Å²) in [5, 5.41) is 15.0. The summed E-state index contributed by atoms with van der Waals surface area (Å²) in [6.45, 7) is 6.19. The van der Waals surface area contributed by atoms with Gasteiger partial charge in [0.05, 0.1) is 5.69 Å². The van der Waals surface area contributed by atoms with Crippen molar-refractivity contribution < 1.29 is 5.11 Å². The summed E-state index contributed by atoms with van der Waals surface area (Å²) in [6, 6.07) is 8.14. The van der Waals surface area contributed by atoms with E-state index in [-0.39, 0.29) is 5.75 Å². The van der Waals surface area contributed by atoms with Crippen molar-refractivity contribution in [1.82, 2.24) is 9.78 Å². The number of aryl methyl sites for hydroxylation is 1. The Bertz CT molecular complexity index is 561. The van der Waals surface area contributed by atoms with Crippen LogP contribution in [0.4, 0.5) is 0 Å². The van der Waals surface area contributed by atoms with Crippen molar-refractivity contribution in [3.63, 3.8) is 0 Å². The van der Waals surface area contributed by atoms with E-state index in [2.05, 4.69) is 31.1 Å². The third-order valence-electron chi connectivity index (χ3n) is 2.78. The fraction of sp³-hybridized carbons (Fsp3) is 0.357. The Hall–Kier alpha value is -1.42. The highest BCUT2D eigenvalue weighted by molar-refractivity contribution is 7.99. The summed E-state index contributed by atoms with van der Waals surface area (Å²) in [4.78, 5) is 1.20. The van der Waals surface area contributed by atoms with E-state index in [1.807, 2.05) is 37.9 Å². The zero-order valence-electron chi connectivity index (χ0n) is 11.1. The normalized spacial score (nSPS) is 11.2. The number of aromatic nitrogens is 2. The van der Waals surface area contributed by atoms with Crippen LogP contribution in [-0.4, -0.2) is 20.1 Å². The molecule has 1 heterocycles. The second kappa shape index (κ2) is 5.06. The zero-order valence-corrected chi connectivity index (χ0v) is 12.0. The van der Waals surface area contributed by atoms with Crippen molar-refractivity contribution in [3.8, 4) is 17.0 Å². The molecule has 0 spiro atoms. The maximum Gasteiger partial charge on any atom is 0.164 e. The largest absolute Gasteiger partial charge is 0.504 e. The summed E-state index contributed by atoms with van der Waals surface area (Å²) < 4.78 is 1.70. The molecule has 0 atom stereocenters. The number of thioether (sulfide) groups is 1. The number of hydrogen-bond donors (Lipinski definition) is 1. The van der Waals surface area contributed by atoms with Crippen LogP contribution >= 0.6 is 11.8 Å². The third kappa shape index (κ3) is 2.53. The van der Waals surface area contributed by atoms with Crippen molar-refractivity contribution in [2.24, 2.45) is 7.05 Å². The van der Waals surface area contributed by atoms with E-state index in [0.717, 1.165) is 11.3 Å². The smallest absolute Gasteiger partial charge is 0.164 e. The average molecular weight is 262 g/mol. The second-order valence-corrected chi connectivity index (χ2v) is 6.25. The lowest BCUT2D eigenvalue weighted by Crippen LogP contribution is -1.92. The first-order chi connectivity index (χ1) is 8.49. The van der Waals surface area contributed by atoms with Crippen molar-refractivity contribution in [1.29, 1.82) is 0 Å². The molecular formula is C14H18N2OS. The minimum absolute atomic E-state index is 0.268. The number of rotatable bonds is 3. The van der Waals surface area contributed by atoms with E-state index < -0.39 is 0 Å². The second-order valence-electron chi connectivity index (χ2n) is 4.60. The van der Waals surface area contributed by atoms with Gasteiger partial charge >= 0.3 is 0 Å². The van der Waals surface area contributed by atoms with Gasteiger partial charge in [-0.3, -0.25) is 4.68 Å². The first-order valence-corrected chi connectivity index (χ1v) is 6.86. The van der Waals surface area contributed by atoms with Crippen LogP contribution in [0.5, 0.6) is 5.75 Å². The fourth-order valence-electron chi connectivity index (χ4n) is 1.78. The molecule has 0 saturated heterocycles. The molecule has 0 saturated carbocycles. The summed E-state index contributed by atoms with van der Waals surface area (Å²) >= 11 is 1.81. The Balaban J connectivity index is 2.41. The summed E-state index contributed by atoms with van der Waals surface area (Å²) in [5.74, 6) is 0.268. The van der Waals surface area contributed by atoms with Gasteiger partial charge in [0.1, 0.15) is 5.69 Å². The van der Waals surface area contributed by atoms with E-state index in [0.29, 0.717) is 10.9 Å². The van der Waals surface area contributed by atoms with Crippen molar-refractivity contribution >= 4 is 11.8 Å². The van der Waals surface area contributed by atoms with Gasteiger partial charge in [0.2, 0.25) is 0 Å². The van der Waals surface area contributed by atoms with E-state index in [4.69, 9.17) is 0 Å². The van der Waals surface area contributed by atoms with Crippen molar-refractivity contribution in [2.45, 2.75) is 30.9 Å². The summed E-state index contributed by atoms with van der Waals surface area (Å²) in [6.07, 6.45) is 0. The molecule has 0 aliphatic carbocycles. The van der Waals surface area contributed by atoms with Crippen molar-refractivity contribution in [2.75, 3.05) is 0 Å². The van der Waals surface area contributed by atoms with E-state index in [1.165, 1.54) is 4.90 Å². The lowest BCUT2D eigenvalue weighted by Gasteiger charge is -2.06. The maximum atomic E-state index is 10.1. The van der Waals surface area contributed by atoms with E-state index in [1.54, 1.807) is 4.68 Å². The van der Waals surface area contributed by atoms with Gasteiger partial charge in [-0.1, -0.05) is 26.0 Å². The molecule has 0 bridgehead atoms. The zero-order chi connectivity index (χ0) is 13.3. The highest BCUT2D eigenvalue weighted by Crippen LogP contribution is 2.33. The molecule has 4 heteroatoms. The summed E-state index contributed by atoms with van der Waals surface area (Å²) in [7, 11) is 1.84. The van der Waals surface area contributed by atoms with Crippen LogP contribution in [0.3, 0.4) is 0 Å². The Morgan fingerprint density at radius 2 is 2.06 bits per heavy atom. The predicted molar refractivity (Wildman–Crippen MR) is 76.0 cm³/mol. The van der Waals surface area contributed by atoms with Crippen molar-refractivity contribution in [3.05, 3.63) is 30.0 Å². The van der Waals surface area contributed by atoms with Gasteiger partial charge in [0.25, 0.3) is 0 Å². The maximum absolute atomic E-state index is 10.1. The molecule has 1 N–H and O–H groups in total. The molecule has 1 aromatic heterocycles. The van der Waals surface area contributed by atoms with Crippen LogP contribution in [0.1, 0.15) is 19.5 Å². The molecule has 0 radical (unpaired) electrons. The first kappa shape index (κ1) is 13.0. The van der Waals surface area contributed by atoms with Crippen LogP contribution in [0.25, 0.3) is 11.3 Å².